The van der Waals surface area contributed by atoms with Crippen LogP contribution < -0.4 is 0 Å². The van der Waals surface area contributed by atoms with Gasteiger partial charge in [-0.25, -0.2) is 9.13 Å². The summed E-state index contributed by atoms with van der Waals surface area (Å²) in [6.45, 7) is 14.1. The van der Waals surface area contributed by atoms with Crippen LogP contribution in [0, 0.1) is 23.7 Å². The summed E-state index contributed by atoms with van der Waals surface area (Å²) in [5, 5.41) is 10.6. The predicted molar refractivity (Wildman–Crippen MR) is 372 cm³/mol. The van der Waals surface area contributed by atoms with Gasteiger partial charge in [0.1, 0.15) is 19.3 Å². The van der Waals surface area contributed by atoms with E-state index in [9.17, 15) is 43.2 Å². The molecule has 0 saturated heterocycles. The third-order valence-electron chi connectivity index (χ3n) is 17.2. The molecule has 92 heavy (non-hydrogen) atoms. The normalized spacial score (nSPS) is 14.5. The molecule has 17 nitrogen and oxygen atoms in total. The summed E-state index contributed by atoms with van der Waals surface area (Å²) in [6.07, 6.45) is 45.9. The minimum absolute atomic E-state index is 0.104. The highest BCUT2D eigenvalue weighted by Crippen LogP contribution is 2.45. The number of rotatable bonds is 70. The van der Waals surface area contributed by atoms with Crippen LogP contribution >= 0.6 is 15.6 Å². The molecule has 0 spiro atoms. The summed E-state index contributed by atoms with van der Waals surface area (Å²) in [4.78, 5) is 72.6. The SMILES string of the molecule is CCC(C)CCCCCCCCCCCCC(=O)O[C@H](COC(=O)CCCCCCCCCCCCCCCCC(C)C)COP(=O)(O)OC[C@@H](O)COP(=O)(O)OC[C@@H](COC(=O)CCCCCCCCC(C)C)OC(=O)CCCCCCCCCCCC(C)C. The maximum Gasteiger partial charge on any atom is 0.472 e. The summed E-state index contributed by atoms with van der Waals surface area (Å²) in [7, 11) is -9.91. The van der Waals surface area contributed by atoms with Gasteiger partial charge >= 0.3 is 39.5 Å². The van der Waals surface area contributed by atoms with Gasteiger partial charge in [0, 0.05) is 25.7 Å². The highest BCUT2D eigenvalue weighted by molar-refractivity contribution is 7.47. The Morgan fingerprint density at radius 3 is 0.772 bits per heavy atom. The average molecular weight is 1350 g/mol. The van der Waals surface area contributed by atoms with Crippen molar-refractivity contribution in [2.24, 2.45) is 23.7 Å². The fourth-order valence-corrected chi connectivity index (χ4v) is 12.6. The van der Waals surface area contributed by atoms with E-state index in [2.05, 4.69) is 55.4 Å². The fourth-order valence-electron chi connectivity index (χ4n) is 11.0. The summed E-state index contributed by atoms with van der Waals surface area (Å²) in [5.41, 5.74) is 0. The number of unbranched alkanes of at least 4 members (excludes halogenated alkanes) is 35. The quantitative estimate of drug-likeness (QED) is 0.0222. The Bertz CT molecular complexity index is 1820. The van der Waals surface area contributed by atoms with Crippen molar-refractivity contribution in [2.45, 2.75) is 382 Å². The van der Waals surface area contributed by atoms with Crippen LogP contribution in [0.1, 0.15) is 364 Å². The maximum absolute atomic E-state index is 13.1. The van der Waals surface area contributed by atoms with E-state index in [0.717, 1.165) is 114 Å². The molecule has 0 bridgehead atoms. The van der Waals surface area contributed by atoms with Crippen LogP contribution in [0.5, 0.6) is 0 Å². The molecular weight excluding hydrogens is 1210 g/mol. The van der Waals surface area contributed by atoms with Crippen molar-refractivity contribution in [3.05, 3.63) is 0 Å². The molecule has 0 saturated carbocycles. The lowest BCUT2D eigenvalue weighted by Crippen LogP contribution is -2.30. The molecule has 546 valence electrons. The van der Waals surface area contributed by atoms with Gasteiger partial charge in [-0.1, -0.05) is 312 Å². The maximum atomic E-state index is 13.1. The fraction of sp³-hybridized carbons (Fsp3) is 0.945. The van der Waals surface area contributed by atoms with Crippen LogP contribution in [-0.2, 0) is 65.4 Å². The highest BCUT2D eigenvalue weighted by atomic mass is 31.2. The van der Waals surface area contributed by atoms with Crippen molar-refractivity contribution in [2.75, 3.05) is 39.6 Å². The molecule has 3 unspecified atom stereocenters. The second-order valence-corrected chi connectivity index (χ2v) is 30.9. The minimum atomic E-state index is -4.96. The largest absolute Gasteiger partial charge is 0.472 e. The van der Waals surface area contributed by atoms with E-state index in [1.807, 2.05) is 0 Å². The molecule has 0 aromatic carbocycles. The average Bonchev–Trinajstić information content (AvgIpc) is 3.48. The molecule has 0 aliphatic carbocycles. The van der Waals surface area contributed by atoms with Crippen molar-refractivity contribution in [3.63, 3.8) is 0 Å². The number of phosphoric ester groups is 2. The Morgan fingerprint density at radius 2 is 0.522 bits per heavy atom. The summed E-state index contributed by atoms with van der Waals surface area (Å²) in [5.74, 6) is 0.891. The number of aliphatic hydroxyl groups is 1. The predicted octanol–water partition coefficient (Wildman–Crippen LogP) is 20.9. The van der Waals surface area contributed by atoms with Crippen LogP contribution in [0.15, 0.2) is 0 Å². The van der Waals surface area contributed by atoms with Crippen LogP contribution in [0.25, 0.3) is 0 Å². The van der Waals surface area contributed by atoms with E-state index >= 15 is 0 Å². The Morgan fingerprint density at radius 1 is 0.304 bits per heavy atom. The van der Waals surface area contributed by atoms with Crippen molar-refractivity contribution < 1.29 is 80.2 Å². The van der Waals surface area contributed by atoms with Gasteiger partial charge in [-0.15, -0.1) is 0 Å². The number of hydrogen-bond donors (Lipinski definition) is 3. The van der Waals surface area contributed by atoms with Crippen LogP contribution in [0.4, 0.5) is 0 Å². The second-order valence-electron chi connectivity index (χ2n) is 28.0. The van der Waals surface area contributed by atoms with Crippen molar-refractivity contribution in [1.29, 1.82) is 0 Å². The third-order valence-corrected chi connectivity index (χ3v) is 19.1. The standard InChI is InChI=1S/C73H142O17P2/c1-9-66(8)52-44-36-27-21-16-17-23-29-39-47-55-72(77)89-68(59-83-70(75)53-45-37-28-22-15-13-11-10-12-14-19-25-33-41-49-63(2)3)61-87-91(79,80)85-57-67(74)58-86-92(81,82)88-62-69(60-84-71(76)54-46-38-32-31-35-43-51-65(6)7)90-73(78)56-48-40-30-24-18-20-26-34-42-50-64(4)5/h63-69,74H,9-62H2,1-8H3,(H,79,80)(H,81,82)/t66?,67-,68-,69-/m1/s1. The molecule has 0 fully saturated rings. The monoisotopic (exact) mass is 1350 g/mol. The third kappa shape index (κ3) is 65.4. The van der Waals surface area contributed by atoms with E-state index in [0.29, 0.717) is 31.6 Å². The summed E-state index contributed by atoms with van der Waals surface area (Å²) >= 11 is 0. The zero-order chi connectivity index (χ0) is 68.2. The number of ether oxygens (including phenoxy) is 4. The first-order valence-corrected chi connectivity index (χ1v) is 40.7. The molecule has 0 heterocycles. The zero-order valence-electron chi connectivity index (χ0n) is 60.2. The number of aliphatic hydroxyl groups excluding tert-OH is 1. The van der Waals surface area contributed by atoms with Gasteiger partial charge < -0.3 is 33.8 Å². The summed E-state index contributed by atoms with van der Waals surface area (Å²) in [6, 6.07) is 0. The smallest absolute Gasteiger partial charge is 0.462 e. The van der Waals surface area contributed by atoms with Gasteiger partial charge in [-0.3, -0.25) is 37.3 Å². The molecule has 0 radical (unpaired) electrons. The van der Waals surface area contributed by atoms with Crippen LogP contribution in [0.2, 0.25) is 0 Å². The van der Waals surface area contributed by atoms with Gasteiger partial charge in [-0.2, -0.15) is 0 Å². The van der Waals surface area contributed by atoms with E-state index in [-0.39, 0.29) is 25.7 Å². The van der Waals surface area contributed by atoms with Crippen LogP contribution in [-0.4, -0.2) is 96.7 Å². The van der Waals surface area contributed by atoms with Gasteiger partial charge in [0.15, 0.2) is 12.2 Å². The number of esters is 4. The first-order chi connectivity index (χ1) is 44.1. The molecule has 0 rings (SSSR count). The first kappa shape index (κ1) is 90.1. The molecule has 0 amide bonds. The highest BCUT2D eigenvalue weighted by Gasteiger charge is 2.30. The lowest BCUT2D eigenvalue weighted by atomic mass is 9.99. The van der Waals surface area contributed by atoms with Gasteiger partial charge in [0.25, 0.3) is 0 Å². The molecular formula is C73H142O17P2. The Labute approximate surface area is 562 Å². The molecule has 19 heteroatoms. The minimum Gasteiger partial charge on any atom is -0.462 e. The van der Waals surface area contributed by atoms with Gasteiger partial charge in [0.2, 0.25) is 0 Å². The number of hydrogen-bond acceptors (Lipinski definition) is 15. The molecule has 0 aromatic rings. The van der Waals surface area contributed by atoms with E-state index in [1.165, 1.54) is 161 Å². The lowest BCUT2D eigenvalue weighted by Gasteiger charge is -2.21. The number of phosphoric acid groups is 2. The second kappa shape index (κ2) is 62.6. The Hall–Kier alpha value is -1.94. The van der Waals surface area contributed by atoms with Gasteiger partial charge in [0.05, 0.1) is 26.4 Å². The molecule has 0 aromatic heterocycles. The first-order valence-electron chi connectivity index (χ1n) is 37.7. The Balaban J connectivity index is 5.24. The van der Waals surface area contributed by atoms with E-state index in [1.54, 1.807) is 0 Å². The van der Waals surface area contributed by atoms with Crippen molar-refractivity contribution in [3.8, 4) is 0 Å². The summed E-state index contributed by atoms with van der Waals surface area (Å²) < 4.78 is 68.4. The molecule has 3 N–H and O–H groups in total. The van der Waals surface area contributed by atoms with Crippen molar-refractivity contribution >= 4 is 39.5 Å². The van der Waals surface area contributed by atoms with Gasteiger partial charge in [-0.05, 0) is 49.4 Å². The molecule has 0 aliphatic heterocycles. The number of carbonyl (C=O) groups excluding carboxylic acids is 4. The van der Waals surface area contributed by atoms with Crippen LogP contribution in [0.3, 0.4) is 0 Å². The molecule has 0 aliphatic rings. The van der Waals surface area contributed by atoms with E-state index < -0.39 is 97.5 Å². The Kier molecular flexibility index (Phi) is 61.3. The number of carbonyl (C=O) groups is 4. The van der Waals surface area contributed by atoms with E-state index in [4.69, 9.17) is 37.0 Å². The van der Waals surface area contributed by atoms with Crippen molar-refractivity contribution in [1.82, 2.24) is 0 Å². The lowest BCUT2D eigenvalue weighted by molar-refractivity contribution is -0.161. The topological polar surface area (TPSA) is 237 Å². The zero-order valence-corrected chi connectivity index (χ0v) is 62.0. The molecule has 6 atom stereocenters.